The molecule has 0 spiro atoms. The molecule has 3 rings (SSSR count). The third-order valence-corrected chi connectivity index (χ3v) is 3.79. The van der Waals surface area contributed by atoms with Gasteiger partial charge in [0.1, 0.15) is 6.10 Å². The van der Waals surface area contributed by atoms with Gasteiger partial charge in [-0.1, -0.05) is 36.4 Å². The Bertz CT molecular complexity index is 764. The van der Waals surface area contributed by atoms with Crippen LogP contribution >= 0.6 is 0 Å². The summed E-state index contributed by atoms with van der Waals surface area (Å²) in [6.45, 7) is 4.14. The number of hydrogen-bond donors (Lipinski definition) is 1. The molecule has 2 aromatic carbocycles. The van der Waals surface area contributed by atoms with Crippen molar-refractivity contribution < 1.29 is 5.11 Å². The number of aryl methyl sites for hydroxylation is 2. The Kier molecular flexibility index (Phi) is 3.25. The van der Waals surface area contributed by atoms with E-state index in [2.05, 4.69) is 18.8 Å². The summed E-state index contributed by atoms with van der Waals surface area (Å²) in [7, 11) is 0. The Labute approximate surface area is 118 Å². The number of nitrogens with zero attached hydrogens (tertiary/aromatic N) is 1. The van der Waals surface area contributed by atoms with Gasteiger partial charge in [-0.05, 0) is 48.2 Å². The van der Waals surface area contributed by atoms with Crippen molar-refractivity contribution in [2.24, 2.45) is 0 Å². The molecule has 0 aliphatic heterocycles. The highest BCUT2D eigenvalue weighted by Crippen LogP contribution is 2.26. The van der Waals surface area contributed by atoms with Crippen molar-refractivity contribution in [3.63, 3.8) is 0 Å². The monoisotopic (exact) mass is 263 g/mol. The zero-order chi connectivity index (χ0) is 14.1. The summed E-state index contributed by atoms with van der Waals surface area (Å²) in [5, 5.41) is 11.6. The summed E-state index contributed by atoms with van der Waals surface area (Å²) >= 11 is 0. The number of aliphatic hydroxyl groups excluding tert-OH is 1. The Balaban J connectivity index is 2.02. The van der Waals surface area contributed by atoms with Crippen molar-refractivity contribution in [3.05, 3.63) is 77.0 Å². The molecule has 100 valence electrons. The van der Waals surface area contributed by atoms with Gasteiger partial charge in [-0.3, -0.25) is 4.98 Å². The molecule has 0 aliphatic carbocycles. The molecule has 1 N–H and O–H groups in total. The fraction of sp³-hybridized carbons (Fsp3) is 0.167. The van der Waals surface area contributed by atoms with Crippen LogP contribution in [0.1, 0.15) is 28.4 Å². The number of fused-ring (bicyclic) bond motifs is 1. The first-order valence-electron chi connectivity index (χ1n) is 6.75. The van der Waals surface area contributed by atoms with E-state index in [9.17, 15) is 5.11 Å². The smallest absolute Gasteiger partial charge is 0.104 e. The van der Waals surface area contributed by atoms with Gasteiger partial charge in [0.2, 0.25) is 0 Å². The minimum atomic E-state index is -0.610. The molecule has 0 bridgehead atoms. The molecule has 2 heteroatoms. The van der Waals surface area contributed by atoms with Gasteiger partial charge in [0, 0.05) is 11.6 Å². The van der Waals surface area contributed by atoms with Crippen LogP contribution in [0.5, 0.6) is 0 Å². The van der Waals surface area contributed by atoms with Crippen LogP contribution in [0, 0.1) is 13.8 Å². The molecule has 0 aliphatic rings. The standard InChI is InChI=1S/C18H17NO/c1-12-5-6-15(10-13(12)2)18(20)16-8-7-14-4-3-9-19-17(14)11-16/h3-11,18,20H,1-2H3. The fourth-order valence-electron chi connectivity index (χ4n) is 2.38. The van der Waals surface area contributed by atoms with E-state index in [-0.39, 0.29) is 0 Å². The maximum atomic E-state index is 10.5. The molecule has 2 nitrogen and oxygen atoms in total. The molecule has 1 unspecified atom stereocenters. The Hall–Kier alpha value is -2.19. The Morgan fingerprint density at radius 3 is 2.45 bits per heavy atom. The summed E-state index contributed by atoms with van der Waals surface area (Å²) in [6, 6.07) is 15.9. The molecule has 1 aromatic heterocycles. The molecule has 0 saturated carbocycles. The van der Waals surface area contributed by atoms with Crippen LogP contribution in [-0.4, -0.2) is 10.1 Å². The van der Waals surface area contributed by atoms with Crippen LogP contribution in [0.4, 0.5) is 0 Å². The largest absolute Gasteiger partial charge is 0.384 e. The molecular formula is C18H17NO. The average molecular weight is 263 g/mol. The number of hydrogen-bond acceptors (Lipinski definition) is 2. The van der Waals surface area contributed by atoms with E-state index >= 15 is 0 Å². The number of pyridine rings is 1. The van der Waals surface area contributed by atoms with E-state index in [1.54, 1.807) is 6.20 Å². The molecule has 1 atom stereocenters. The lowest BCUT2D eigenvalue weighted by atomic mass is 9.97. The van der Waals surface area contributed by atoms with Crippen LogP contribution in [0.2, 0.25) is 0 Å². The zero-order valence-corrected chi connectivity index (χ0v) is 11.7. The van der Waals surface area contributed by atoms with Crippen molar-refractivity contribution >= 4 is 10.9 Å². The highest BCUT2D eigenvalue weighted by molar-refractivity contribution is 5.79. The van der Waals surface area contributed by atoms with Gasteiger partial charge in [-0.2, -0.15) is 0 Å². The lowest BCUT2D eigenvalue weighted by Gasteiger charge is -2.13. The van der Waals surface area contributed by atoms with Crippen LogP contribution in [0.15, 0.2) is 54.7 Å². The summed E-state index contributed by atoms with van der Waals surface area (Å²) < 4.78 is 0. The number of benzene rings is 2. The second-order valence-electron chi connectivity index (χ2n) is 5.20. The molecule has 3 aromatic rings. The first-order chi connectivity index (χ1) is 9.65. The fourth-order valence-corrected chi connectivity index (χ4v) is 2.38. The van der Waals surface area contributed by atoms with Crippen molar-refractivity contribution in [1.29, 1.82) is 0 Å². The SMILES string of the molecule is Cc1ccc(C(O)c2ccc3cccnc3c2)cc1C. The van der Waals surface area contributed by atoms with Crippen LogP contribution in [-0.2, 0) is 0 Å². The van der Waals surface area contributed by atoms with Crippen molar-refractivity contribution in [1.82, 2.24) is 4.98 Å². The predicted octanol–water partition coefficient (Wildman–Crippen LogP) is 3.93. The molecule has 0 amide bonds. The Morgan fingerprint density at radius 2 is 1.65 bits per heavy atom. The summed E-state index contributed by atoms with van der Waals surface area (Å²) in [4.78, 5) is 4.34. The second kappa shape index (κ2) is 5.06. The third kappa shape index (κ3) is 2.30. The third-order valence-electron chi connectivity index (χ3n) is 3.79. The molecule has 0 fully saturated rings. The first-order valence-corrected chi connectivity index (χ1v) is 6.75. The minimum absolute atomic E-state index is 0.610. The van der Waals surface area contributed by atoms with Crippen molar-refractivity contribution in [2.45, 2.75) is 20.0 Å². The van der Waals surface area contributed by atoms with Gasteiger partial charge in [-0.15, -0.1) is 0 Å². The summed E-state index contributed by atoms with van der Waals surface area (Å²) in [6.07, 6.45) is 1.16. The number of aromatic nitrogens is 1. The van der Waals surface area contributed by atoms with Crippen molar-refractivity contribution in [2.75, 3.05) is 0 Å². The highest BCUT2D eigenvalue weighted by Gasteiger charge is 2.11. The molecule has 0 radical (unpaired) electrons. The van der Waals surface area contributed by atoms with Crippen molar-refractivity contribution in [3.8, 4) is 0 Å². The summed E-state index contributed by atoms with van der Waals surface area (Å²) in [5.41, 5.74) is 5.14. The Morgan fingerprint density at radius 1 is 0.900 bits per heavy atom. The number of rotatable bonds is 2. The highest BCUT2D eigenvalue weighted by atomic mass is 16.3. The minimum Gasteiger partial charge on any atom is -0.384 e. The zero-order valence-electron chi connectivity index (χ0n) is 11.7. The van der Waals surface area contributed by atoms with E-state index in [1.807, 2.05) is 48.5 Å². The summed E-state index contributed by atoms with van der Waals surface area (Å²) in [5.74, 6) is 0. The van der Waals surface area contributed by atoms with E-state index in [0.717, 1.165) is 22.0 Å². The lowest BCUT2D eigenvalue weighted by molar-refractivity contribution is 0.220. The van der Waals surface area contributed by atoms with Crippen LogP contribution in [0.25, 0.3) is 10.9 Å². The second-order valence-corrected chi connectivity index (χ2v) is 5.20. The van der Waals surface area contributed by atoms with Gasteiger partial charge in [0.05, 0.1) is 5.52 Å². The van der Waals surface area contributed by atoms with E-state index in [4.69, 9.17) is 0 Å². The van der Waals surface area contributed by atoms with Gasteiger partial charge >= 0.3 is 0 Å². The molecule has 0 saturated heterocycles. The first kappa shape index (κ1) is 12.8. The predicted molar refractivity (Wildman–Crippen MR) is 81.7 cm³/mol. The average Bonchev–Trinajstić information content (AvgIpc) is 2.49. The molecule has 1 heterocycles. The van der Waals surface area contributed by atoms with E-state index < -0.39 is 6.10 Å². The van der Waals surface area contributed by atoms with Gasteiger partial charge in [0.25, 0.3) is 0 Å². The van der Waals surface area contributed by atoms with Gasteiger partial charge in [0.15, 0.2) is 0 Å². The van der Waals surface area contributed by atoms with E-state index in [0.29, 0.717) is 0 Å². The molecular weight excluding hydrogens is 246 g/mol. The topological polar surface area (TPSA) is 33.1 Å². The van der Waals surface area contributed by atoms with Crippen LogP contribution in [0.3, 0.4) is 0 Å². The maximum absolute atomic E-state index is 10.5. The van der Waals surface area contributed by atoms with E-state index in [1.165, 1.54) is 11.1 Å². The normalized spacial score (nSPS) is 12.6. The van der Waals surface area contributed by atoms with Crippen LogP contribution < -0.4 is 0 Å². The quantitative estimate of drug-likeness (QED) is 0.760. The van der Waals surface area contributed by atoms with Gasteiger partial charge in [-0.25, -0.2) is 0 Å². The van der Waals surface area contributed by atoms with Gasteiger partial charge < -0.3 is 5.11 Å². The number of aliphatic hydroxyl groups is 1. The lowest BCUT2D eigenvalue weighted by Crippen LogP contribution is -2.00. The molecule has 20 heavy (non-hydrogen) atoms. The maximum Gasteiger partial charge on any atom is 0.104 e.